The minimum Gasteiger partial charge on any atom is -0.494 e. The van der Waals surface area contributed by atoms with E-state index in [0.717, 1.165) is 30.8 Å². The number of benzene rings is 2. The fourth-order valence-corrected chi connectivity index (χ4v) is 5.23. The van der Waals surface area contributed by atoms with Gasteiger partial charge in [-0.05, 0) is 74.4 Å². The molecule has 3 rings (SSSR count). The first-order valence-corrected chi connectivity index (χ1v) is 15.1. The maximum Gasteiger partial charge on any atom is 0.335 e. The van der Waals surface area contributed by atoms with E-state index >= 15 is 0 Å². The van der Waals surface area contributed by atoms with Gasteiger partial charge in [0.25, 0.3) is 5.91 Å². The minimum absolute atomic E-state index is 0.0103. The average molecular weight is 568 g/mol. The number of carbonyl (C=O) groups excluding carboxylic acids is 1. The van der Waals surface area contributed by atoms with Crippen molar-refractivity contribution in [2.75, 3.05) is 13.2 Å². The summed E-state index contributed by atoms with van der Waals surface area (Å²) < 4.78 is 11.8. The molecule has 0 bridgehead atoms. The van der Waals surface area contributed by atoms with Gasteiger partial charge in [0.05, 0.1) is 30.3 Å². The van der Waals surface area contributed by atoms with Crippen LogP contribution in [0, 0.1) is 5.92 Å². The number of rotatable bonds is 18. The summed E-state index contributed by atoms with van der Waals surface area (Å²) in [5, 5.41) is 21.7. The summed E-state index contributed by atoms with van der Waals surface area (Å²) >= 11 is 0. The molecule has 224 valence electrons. The van der Waals surface area contributed by atoms with E-state index in [1.54, 1.807) is 0 Å². The molecule has 1 saturated carbocycles. The number of hydrogen-bond acceptors (Lipinski definition) is 5. The van der Waals surface area contributed by atoms with Crippen LogP contribution in [0.1, 0.15) is 110 Å². The van der Waals surface area contributed by atoms with Gasteiger partial charge in [0, 0.05) is 6.04 Å². The number of aromatic carboxylic acids is 1. The van der Waals surface area contributed by atoms with Gasteiger partial charge in [0.15, 0.2) is 0 Å². The van der Waals surface area contributed by atoms with Crippen molar-refractivity contribution in [3.63, 3.8) is 0 Å². The topological polar surface area (TPSA) is 122 Å². The standard InChI is InChI=1S/C33H45NO7/c1-2-3-4-5-6-7-8-20-40-28-17-14-24(15-18-28)11-10-21-41-30-19-16-26(33(38)39)23-29(30)31(35)34-27-13-9-12-25(22-27)32(36)37/h14-19,23,25,27H,2-13,20-22H2,1H3,(H,34,35)(H,36,37)(H,38,39). The van der Waals surface area contributed by atoms with Crippen molar-refractivity contribution in [1.82, 2.24) is 5.32 Å². The van der Waals surface area contributed by atoms with E-state index in [2.05, 4.69) is 24.4 Å². The lowest BCUT2D eigenvalue weighted by molar-refractivity contribution is -0.143. The molecule has 1 aliphatic rings. The number of aryl methyl sites for hydroxylation is 1. The van der Waals surface area contributed by atoms with Gasteiger partial charge in [-0.25, -0.2) is 4.79 Å². The number of carboxylic acids is 2. The zero-order valence-corrected chi connectivity index (χ0v) is 24.2. The van der Waals surface area contributed by atoms with Crippen LogP contribution in [0.15, 0.2) is 42.5 Å². The molecule has 2 unspecified atom stereocenters. The summed E-state index contributed by atoms with van der Waals surface area (Å²) in [7, 11) is 0. The predicted octanol–water partition coefficient (Wildman–Crippen LogP) is 6.90. The van der Waals surface area contributed by atoms with Gasteiger partial charge < -0.3 is 25.0 Å². The third-order valence-corrected chi connectivity index (χ3v) is 7.64. The van der Waals surface area contributed by atoms with Crippen LogP contribution in [0.5, 0.6) is 11.5 Å². The smallest absolute Gasteiger partial charge is 0.335 e. The van der Waals surface area contributed by atoms with Crippen molar-refractivity contribution in [3.8, 4) is 11.5 Å². The van der Waals surface area contributed by atoms with Gasteiger partial charge in [-0.2, -0.15) is 0 Å². The molecule has 1 aliphatic carbocycles. The summed E-state index contributed by atoms with van der Waals surface area (Å²) in [6.07, 6.45) is 12.6. The second kappa shape index (κ2) is 17.3. The zero-order valence-electron chi connectivity index (χ0n) is 24.2. The van der Waals surface area contributed by atoms with Gasteiger partial charge in [-0.1, -0.05) is 64.0 Å². The monoisotopic (exact) mass is 567 g/mol. The van der Waals surface area contributed by atoms with E-state index < -0.39 is 23.8 Å². The Balaban J connectivity index is 1.45. The number of hydrogen-bond donors (Lipinski definition) is 3. The van der Waals surface area contributed by atoms with E-state index in [0.29, 0.717) is 44.5 Å². The van der Waals surface area contributed by atoms with Crippen LogP contribution in [0.4, 0.5) is 0 Å². The highest BCUT2D eigenvalue weighted by Gasteiger charge is 2.29. The molecule has 0 heterocycles. The number of carbonyl (C=O) groups is 3. The molecular formula is C33H45NO7. The molecule has 41 heavy (non-hydrogen) atoms. The molecule has 2 aromatic carbocycles. The highest BCUT2D eigenvalue weighted by molar-refractivity contribution is 6.00. The van der Waals surface area contributed by atoms with Crippen LogP contribution in [0.3, 0.4) is 0 Å². The molecule has 0 saturated heterocycles. The van der Waals surface area contributed by atoms with Gasteiger partial charge in [-0.15, -0.1) is 0 Å². The molecule has 0 spiro atoms. The van der Waals surface area contributed by atoms with E-state index in [9.17, 15) is 24.6 Å². The normalized spacial score (nSPS) is 16.6. The zero-order chi connectivity index (χ0) is 29.5. The molecule has 2 atom stereocenters. The van der Waals surface area contributed by atoms with Crippen molar-refractivity contribution < 1.29 is 34.1 Å². The van der Waals surface area contributed by atoms with Crippen molar-refractivity contribution >= 4 is 17.8 Å². The summed E-state index contributed by atoms with van der Waals surface area (Å²) in [5.41, 5.74) is 1.29. The largest absolute Gasteiger partial charge is 0.494 e. The molecule has 1 amide bonds. The molecule has 0 radical (unpaired) electrons. The third-order valence-electron chi connectivity index (χ3n) is 7.64. The maximum absolute atomic E-state index is 13.1. The Kier molecular flexibility index (Phi) is 13.5. The fourth-order valence-electron chi connectivity index (χ4n) is 5.23. The van der Waals surface area contributed by atoms with Crippen LogP contribution in [0.2, 0.25) is 0 Å². The lowest BCUT2D eigenvalue weighted by atomic mass is 9.85. The number of ether oxygens (including phenoxy) is 2. The summed E-state index contributed by atoms with van der Waals surface area (Å²) in [4.78, 5) is 36.0. The Morgan fingerprint density at radius 1 is 0.854 bits per heavy atom. The van der Waals surface area contributed by atoms with E-state index in [4.69, 9.17) is 9.47 Å². The second-order valence-corrected chi connectivity index (χ2v) is 11.0. The second-order valence-electron chi connectivity index (χ2n) is 11.0. The van der Waals surface area contributed by atoms with Crippen LogP contribution in [0.25, 0.3) is 0 Å². The lowest BCUT2D eigenvalue weighted by Crippen LogP contribution is -2.40. The van der Waals surface area contributed by atoms with E-state index in [1.165, 1.54) is 56.7 Å². The predicted molar refractivity (Wildman–Crippen MR) is 158 cm³/mol. The van der Waals surface area contributed by atoms with Crippen molar-refractivity contribution in [2.45, 2.75) is 96.4 Å². The Bertz CT molecular complexity index is 1120. The van der Waals surface area contributed by atoms with Crippen LogP contribution in [-0.4, -0.2) is 47.3 Å². The van der Waals surface area contributed by atoms with Gasteiger partial charge >= 0.3 is 11.9 Å². The van der Waals surface area contributed by atoms with Crippen molar-refractivity contribution in [2.24, 2.45) is 5.92 Å². The summed E-state index contributed by atoms with van der Waals surface area (Å²) in [6, 6.07) is 12.0. The molecular weight excluding hydrogens is 522 g/mol. The SMILES string of the molecule is CCCCCCCCCOc1ccc(CCCOc2ccc(C(=O)O)cc2C(=O)NC2CCCC(C(=O)O)C2)cc1. The average Bonchev–Trinajstić information content (AvgIpc) is 2.97. The Labute approximate surface area is 243 Å². The van der Waals surface area contributed by atoms with Gasteiger partial charge in [0.1, 0.15) is 11.5 Å². The first-order valence-electron chi connectivity index (χ1n) is 15.1. The Morgan fingerprint density at radius 3 is 2.27 bits per heavy atom. The van der Waals surface area contributed by atoms with E-state index in [1.807, 2.05) is 12.1 Å². The first kappa shape index (κ1) is 32.0. The lowest BCUT2D eigenvalue weighted by Gasteiger charge is -2.27. The van der Waals surface area contributed by atoms with Crippen molar-refractivity contribution in [3.05, 3.63) is 59.2 Å². The molecule has 2 aromatic rings. The molecule has 3 N–H and O–H groups in total. The summed E-state index contributed by atoms with van der Waals surface area (Å²) in [5.74, 6) is -1.74. The first-order chi connectivity index (χ1) is 19.9. The molecule has 1 fully saturated rings. The number of aliphatic carboxylic acids is 1. The number of amides is 1. The number of carboxylic acid groups (broad SMARTS) is 2. The Hall–Kier alpha value is -3.55. The summed E-state index contributed by atoms with van der Waals surface area (Å²) in [6.45, 7) is 3.32. The maximum atomic E-state index is 13.1. The molecule has 8 heteroatoms. The van der Waals surface area contributed by atoms with Crippen LogP contribution < -0.4 is 14.8 Å². The third kappa shape index (κ3) is 11.1. The number of nitrogens with one attached hydrogen (secondary N) is 1. The van der Waals surface area contributed by atoms with Gasteiger partial charge in [0.2, 0.25) is 0 Å². The number of unbranched alkanes of at least 4 members (excludes halogenated alkanes) is 6. The fraction of sp³-hybridized carbons (Fsp3) is 0.545. The Morgan fingerprint density at radius 2 is 1.56 bits per heavy atom. The minimum atomic E-state index is -1.14. The van der Waals surface area contributed by atoms with Crippen LogP contribution >= 0.6 is 0 Å². The molecule has 0 aromatic heterocycles. The van der Waals surface area contributed by atoms with Gasteiger partial charge in [-0.3, -0.25) is 9.59 Å². The van der Waals surface area contributed by atoms with E-state index in [-0.39, 0.29) is 17.2 Å². The highest BCUT2D eigenvalue weighted by atomic mass is 16.5. The molecule has 8 nitrogen and oxygen atoms in total. The quantitative estimate of drug-likeness (QED) is 0.168. The van der Waals surface area contributed by atoms with Crippen molar-refractivity contribution in [1.29, 1.82) is 0 Å². The van der Waals surface area contributed by atoms with Crippen LogP contribution in [-0.2, 0) is 11.2 Å². The molecule has 0 aliphatic heterocycles. The highest BCUT2D eigenvalue weighted by Crippen LogP contribution is 2.26.